The van der Waals surface area contributed by atoms with Gasteiger partial charge in [-0.15, -0.1) is 0 Å². The van der Waals surface area contributed by atoms with Crippen molar-refractivity contribution in [3.05, 3.63) is 71.8 Å². The van der Waals surface area contributed by atoms with Gasteiger partial charge in [0.25, 0.3) is 0 Å². The Morgan fingerprint density at radius 1 is 0.897 bits per heavy atom. The predicted molar refractivity (Wildman–Crippen MR) is 119 cm³/mol. The Morgan fingerprint density at radius 2 is 1.66 bits per heavy atom. The molecule has 0 aliphatic carbocycles. The van der Waals surface area contributed by atoms with Crippen molar-refractivity contribution >= 4 is 38.5 Å². The number of rotatable bonds is 5. The molecule has 0 aliphatic rings. The van der Waals surface area contributed by atoms with Crippen molar-refractivity contribution in [1.82, 2.24) is 19.9 Å². The van der Waals surface area contributed by atoms with Crippen LogP contribution in [0.3, 0.4) is 0 Å². The molecule has 0 atom stereocenters. The van der Waals surface area contributed by atoms with E-state index >= 15 is 0 Å². The number of pyridine rings is 2. The van der Waals surface area contributed by atoms with Gasteiger partial charge in [0.05, 0.1) is 22.1 Å². The first kappa shape index (κ1) is 17.6. The van der Waals surface area contributed by atoms with E-state index < -0.39 is 0 Å². The van der Waals surface area contributed by atoms with Crippen LogP contribution < -0.4 is 5.32 Å². The molecule has 2 aromatic carbocycles. The Labute approximate surface area is 169 Å². The fraction of sp³-hybridized carbons (Fsp3) is 0.208. The molecular weight excluding hydrogens is 358 g/mol. The van der Waals surface area contributed by atoms with Gasteiger partial charge in [-0.1, -0.05) is 25.1 Å². The lowest BCUT2D eigenvalue weighted by Gasteiger charge is -2.13. The van der Waals surface area contributed by atoms with Gasteiger partial charge < -0.3 is 10.3 Å². The maximum absolute atomic E-state index is 4.99. The van der Waals surface area contributed by atoms with Gasteiger partial charge >= 0.3 is 0 Å². The average molecular weight is 381 g/mol. The highest BCUT2D eigenvalue weighted by atomic mass is 14.9. The molecule has 0 saturated heterocycles. The summed E-state index contributed by atoms with van der Waals surface area (Å²) >= 11 is 0. The molecule has 0 fully saturated rings. The van der Waals surface area contributed by atoms with Crippen molar-refractivity contribution in [2.75, 3.05) is 11.9 Å². The molecule has 0 amide bonds. The quantitative estimate of drug-likeness (QED) is 0.401. The summed E-state index contributed by atoms with van der Waals surface area (Å²) < 4.78 is 0. The third kappa shape index (κ3) is 2.99. The molecule has 0 radical (unpaired) electrons. The molecule has 3 aromatic heterocycles. The van der Waals surface area contributed by atoms with E-state index in [1.54, 1.807) is 0 Å². The van der Waals surface area contributed by atoms with E-state index in [0.29, 0.717) is 0 Å². The van der Waals surface area contributed by atoms with E-state index in [0.717, 1.165) is 58.1 Å². The van der Waals surface area contributed by atoms with Crippen LogP contribution in [-0.2, 0) is 6.42 Å². The van der Waals surface area contributed by atoms with Crippen LogP contribution in [0.1, 0.15) is 30.3 Å². The van der Waals surface area contributed by atoms with E-state index in [1.165, 1.54) is 16.8 Å². The summed E-state index contributed by atoms with van der Waals surface area (Å²) in [7, 11) is 0. The number of hydrogen-bond donors (Lipinski definition) is 2. The first-order valence-electron chi connectivity index (χ1n) is 10.1. The minimum absolute atomic E-state index is 0.742. The van der Waals surface area contributed by atoms with Gasteiger partial charge in [0.2, 0.25) is 0 Å². The van der Waals surface area contributed by atoms with Gasteiger partial charge in [-0.3, -0.25) is 9.97 Å². The summed E-state index contributed by atoms with van der Waals surface area (Å²) in [6.45, 7) is 5.30. The van der Waals surface area contributed by atoms with E-state index in [9.17, 15) is 0 Å². The SMILES string of the molecule is CCCNc1c(C)cccc1Cc1nc2c3cccnc3c3ncccc3c2[nH]1. The number of aryl methyl sites for hydroxylation is 1. The van der Waals surface area contributed by atoms with Crippen LogP contribution in [0.4, 0.5) is 5.69 Å². The van der Waals surface area contributed by atoms with Crippen molar-refractivity contribution in [2.45, 2.75) is 26.7 Å². The molecule has 29 heavy (non-hydrogen) atoms. The summed E-state index contributed by atoms with van der Waals surface area (Å²) in [5, 5.41) is 5.67. The predicted octanol–water partition coefficient (Wildman–Crippen LogP) is 5.38. The van der Waals surface area contributed by atoms with Crippen LogP contribution in [0.5, 0.6) is 0 Å². The number of benzene rings is 2. The summed E-state index contributed by atoms with van der Waals surface area (Å²) in [5.41, 5.74) is 7.52. The van der Waals surface area contributed by atoms with E-state index in [1.807, 2.05) is 24.5 Å². The highest BCUT2D eigenvalue weighted by Crippen LogP contribution is 2.32. The Kier molecular flexibility index (Phi) is 4.35. The van der Waals surface area contributed by atoms with Gasteiger partial charge in [0.15, 0.2) is 0 Å². The van der Waals surface area contributed by atoms with Crippen LogP contribution in [0.25, 0.3) is 32.8 Å². The maximum Gasteiger partial charge on any atom is 0.111 e. The minimum atomic E-state index is 0.742. The third-order valence-electron chi connectivity index (χ3n) is 5.39. The van der Waals surface area contributed by atoms with Gasteiger partial charge in [-0.05, 0) is 48.7 Å². The lowest BCUT2D eigenvalue weighted by molar-refractivity contribution is 0.965. The molecule has 5 aromatic rings. The number of para-hydroxylation sites is 1. The van der Waals surface area contributed by atoms with Crippen molar-refractivity contribution in [2.24, 2.45) is 0 Å². The summed E-state index contributed by atoms with van der Waals surface area (Å²) in [6.07, 6.45) is 5.47. The molecule has 0 bridgehead atoms. The van der Waals surface area contributed by atoms with Crippen LogP contribution in [0.2, 0.25) is 0 Å². The minimum Gasteiger partial charge on any atom is -0.385 e. The Hall–Kier alpha value is -3.47. The van der Waals surface area contributed by atoms with Crippen molar-refractivity contribution in [1.29, 1.82) is 0 Å². The molecule has 5 rings (SSSR count). The van der Waals surface area contributed by atoms with E-state index in [4.69, 9.17) is 4.98 Å². The van der Waals surface area contributed by atoms with Crippen molar-refractivity contribution < 1.29 is 0 Å². The molecule has 0 saturated carbocycles. The zero-order valence-electron chi connectivity index (χ0n) is 16.7. The third-order valence-corrected chi connectivity index (χ3v) is 5.39. The molecule has 0 spiro atoms. The lowest BCUT2D eigenvalue weighted by atomic mass is 10.0. The molecule has 5 heteroatoms. The largest absolute Gasteiger partial charge is 0.385 e. The molecule has 144 valence electrons. The number of aromatic amines is 1. The Balaban J connectivity index is 1.68. The van der Waals surface area contributed by atoms with Crippen molar-refractivity contribution in [3.63, 3.8) is 0 Å². The maximum atomic E-state index is 4.99. The van der Waals surface area contributed by atoms with Gasteiger partial charge in [-0.25, -0.2) is 4.98 Å². The summed E-state index contributed by atoms with van der Waals surface area (Å²) in [5.74, 6) is 0.951. The molecule has 2 N–H and O–H groups in total. The average Bonchev–Trinajstić information content (AvgIpc) is 3.18. The number of imidazole rings is 1. The zero-order valence-corrected chi connectivity index (χ0v) is 16.7. The first-order chi connectivity index (χ1) is 14.3. The van der Waals surface area contributed by atoms with Gasteiger partial charge in [0, 0.05) is 41.8 Å². The van der Waals surface area contributed by atoms with Crippen LogP contribution in [0, 0.1) is 6.92 Å². The van der Waals surface area contributed by atoms with Crippen LogP contribution >= 0.6 is 0 Å². The lowest BCUT2D eigenvalue weighted by Crippen LogP contribution is -2.05. The standard InChI is InChI=1S/C24H23N5/c1-3-11-25-20-15(2)7-4-8-16(20)14-19-28-23-17-9-5-12-26-21(17)22-18(24(23)29-19)10-6-13-27-22/h4-10,12-13,25H,3,11,14H2,1-2H3,(H,28,29). The number of hydrogen-bond acceptors (Lipinski definition) is 4. The number of nitrogens with one attached hydrogen (secondary N) is 2. The Morgan fingerprint density at radius 3 is 2.45 bits per heavy atom. The fourth-order valence-electron chi connectivity index (χ4n) is 4.04. The number of nitrogens with zero attached hydrogens (tertiary/aromatic N) is 3. The fourth-order valence-corrected chi connectivity index (χ4v) is 4.04. The summed E-state index contributed by atoms with van der Waals surface area (Å²) in [4.78, 5) is 17.7. The second-order valence-electron chi connectivity index (χ2n) is 7.42. The smallest absolute Gasteiger partial charge is 0.111 e. The normalized spacial score (nSPS) is 11.5. The van der Waals surface area contributed by atoms with Gasteiger partial charge in [-0.2, -0.15) is 0 Å². The first-order valence-corrected chi connectivity index (χ1v) is 10.1. The van der Waals surface area contributed by atoms with E-state index in [2.05, 4.69) is 64.4 Å². The molecule has 3 heterocycles. The Bertz CT molecular complexity index is 1260. The van der Waals surface area contributed by atoms with Crippen LogP contribution in [0.15, 0.2) is 54.9 Å². The summed E-state index contributed by atoms with van der Waals surface area (Å²) in [6, 6.07) is 14.5. The van der Waals surface area contributed by atoms with Crippen molar-refractivity contribution in [3.8, 4) is 0 Å². The second-order valence-corrected chi connectivity index (χ2v) is 7.42. The number of anilines is 1. The van der Waals surface area contributed by atoms with Crippen LogP contribution in [-0.4, -0.2) is 26.5 Å². The van der Waals surface area contributed by atoms with Gasteiger partial charge in [0.1, 0.15) is 5.82 Å². The topological polar surface area (TPSA) is 66.5 Å². The molecule has 0 aliphatic heterocycles. The second kappa shape index (κ2) is 7.17. The van der Waals surface area contributed by atoms with E-state index in [-0.39, 0.29) is 0 Å². The highest BCUT2D eigenvalue weighted by Gasteiger charge is 2.15. The number of H-pyrrole nitrogens is 1. The monoisotopic (exact) mass is 381 g/mol. The molecule has 0 unspecified atom stereocenters. The number of aromatic nitrogens is 4. The number of fused-ring (bicyclic) bond motifs is 6. The highest BCUT2D eigenvalue weighted by molar-refractivity contribution is 6.20. The zero-order chi connectivity index (χ0) is 19.8. The molecule has 5 nitrogen and oxygen atoms in total. The molecular formula is C24H23N5.